The molecular formula is C13H10N6OS2. The number of thiazole rings is 1. The van der Waals surface area contributed by atoms with Crippen LogP contribution in [0.4, 0.5) is 5.95 Å². The maximum absolute atomic E-state index is 10.2. The van der Waals surface area contributed by atoms with E-state index in [1.165, 1.54) is 23.1 Å². The van der Waals surface area contributed by atoms with Crippen molar-refractivity contribution in [3.05, 3.63) is 35.0 Å². The number of H-pyrrole nitrogens is 1. The second kappa shape index (κ2) is 6.05. The third kappa shape index (κ3) is 2.88. The first-order valence-corrected chi connectivity index (χ1v) is 7.96. The van der Waals surface area contributed by atoms with E-state index < -0.39 is 0 Å². The molecular weight excluding hydrogens is 320 g/mol. The summed E-state index contributed by atoms with van der Waals surface area (Å²) < 4.78 is 0.965. The molecule has 0 bridgehead atoms. The number of nitrogens with zero attached hydrogens (tertiary/aromatic N) is 4. The van der Waals surface area contributed by atoms with E-state index in [4.69, 9.17) is 5.73 Å². The third-order valence-corrected chi connectivity index (χ3v) is 4.64. The van der Waals surface area contributed by atoms with E-state index in [1.54, 1.807) is 0 Å². The lowest BCUT2D eigenvalue weighted by atomic mass is 10.2. The maximum Gasteiger partial charge on any atom is 0.216 e. The number of aliphatic hydroxyl groups is 1. The summed E-state index contributed by atoms with van der Waals surface area (Å²) >= 11 is 2.54. The molecule has 0 aliphatic rings. The Morgan fingerprint density at radius 3 is 2.91 bits per heavy atom. The fraction of sp³-hybridized carbons (Fsp3) is 0.0769. The molecule has 110 valence electrons. The average molecular weight is 330 g/mol. The van der Waals surface area contributed by atoms with Gasteiger partial charge in [-0.3, -0.25) is 0 Å². The van der Waals surface area contributed by atoms with Crippen molar-refractivity contribution < 1.29 is 5.11 Å². The highest BCUT2D eigenvalue weighted by Crippen LogP contribution is 2.29. The Labute approximate surface area is 133 Å². The zero-order chi connectivity index (χ0) is 15.5. The number of rotatable bonds is 4. The van der Waals surface area contributed by atoms with E-state index in [9.17, 15) is 10.4 Å². The molecule has 22 heavy (non-hydrogen) atoms. The number of benzene rings is 1. The number of hydrogen-bond acceptors (Lipinski definition) is 8. The van der Waals surface area contributed by atoms with Crippen molar-refractivity contribution in [3.63, 3.8) is 0 Å². The molecule has 0 radical (unpaired) electrons. The number of aromatic nitrogens is 4. The Bertz CT molecular complexity index is 858. The first-order valence-electron chi connectivity index (χ1n) is 6.16. The summed E-state index contributed by atoms with van der Waals surface area (Å²) in [4.78, 5) is 8.30. The fourth-order valence-corrected chi connectivity index (χ4v) is 3.41. The van der Waals surface area contributed by atoms with Crippen LogP contribution >= 0.6 is 23.1 Å². The van der Waals surface area contributed by atoms with Gasteiger partial charge in [-0.25, -0.2) is 10.1 Å². The van der Waals surface area contributed by atoms with Gasteiger partial charge in [0.25, 0.3) is 0 Å². The first kappa shape index (κ1) is 14.4. The molecule has 0 saturated carbocycles. The number of nitriles is 1. The van der Waals surface area contributed by atoms with Crippen LogP contribution < -0.4 is 5.73 Å². The monoisotopic (exact) mass is 330 g/mol. The number of allylic oxidation sites excluding steroid dienone is 1. The molecule has 3 aromatic rings. The molecule has 0 amide bonds. The van der Waals surface area contributed by atoms with Gasteiger partial charge in [0.2, 0.25) is 11.1 Å². The quantitative estimate of drug-likeness (QED) is 0.381. The van der Waals surface area contributed by atoms with Crippen LogP contribution in [0.15, 0.2) is 35.2 Å². The van der Waals surface area contributed by atoms with E-state index in [0.29, 0.717) is 10.2 Å². The molecule has 0 saturated heterocycles. The van der Waals surface area contributed by atoms with Crippen molar-refractivity contribution in [1.29, 1.82) is 5.26 Å². The molecule has 1 aromatic carbocycles. The summed E-state index contributed by atoms with van der Waals surface area (Å²) in [5.41, 5.74) is 6.39. The van der Waals surface area contributed by atoms with Crippen molar-refractivity contribution in [2.75, 3.05) is 11.5 Å². The van der Waals surface area contributed by atoms with Gasteiger partial charge in [-0.15, -0.1) is 16.4 Å². The molecule has 2 heterocycles. The molecule has 7 nitrogen and oxygen atoms in total. The summed E-state index contributed by atoms with van der Waals surface area (Å²) in [6.07, 6.45) is 0. The largest absolute Gasteiger partial charge is 0.510 e. The van der Waals surface area contributed by atoms with Gasteiger partial charge in [-0.1, -0.05) is 23.9 Å². The van der Waals surface area contributed by atoms with Crippen LogP contribution in [0.5, 0.6) is 0 Å². The smallest absolute Gasteiger partial charge is 0.216 e. The second-order valence-corrected chi connectivity index (χ2v) is 6.19. The Hall–Kier alpha value is -2.57. The number of hydrogen-bond donors (Lipinski definition) is 3. The summed E-state index contributed by atoms with van der Waals surface area (Å²) in [5, 5.41) is 26.7. The summed E-state index contributed by atoms with van der Waals surface area (Å²) in [6, 6.07) is 9.59. The topological polar surface area (TPSA) is 124 Å². The highest BCUT2D eigenvalue weighted by atomic mass is 32.2. The van der Waals surface area contributed by atoms with E-state index >= 15 is 0 Å². The molecule has 0 atom stereocenters. The van der Waals surface area contributed by atoms with Gasteiger partial charge in [0.15, 0.2) is 0 Å². The zero-order valence-electron chi connectivity index (χ0n) is 11.1. The first-order chi connectivity index (χ1) is 10.7. The van der Waals surface area contributed by atoms with Crippen molar-refractivity contribution in [3.8, 4) is 6.07 Å². The van der Waals surface area contributed by atoms with Crippen LogP contribution in [-0.2, 0) is 0 Å². The Balaban J connectivity index is 1.86. The van der Waals surface area contributed by atoms with Crippen LogP contribution in [0, 0.1) is 11.3 Å². The Morgan fingerprint density at radius 2 is 2.23 bits per heavy atom. The summed E-state index contributed by atoms with van der Waals surface area (Å²) in [6.45, 7) is 0. The molecule has 0 aliphatic carbocycles. The third-order valence-electron chi connectivity index (χ3n) is 2.73. The number of fused-ring (bicyclic) bond motifs is 1. The van der Waals surface area contributed by atoms with Crippen LogP contribution in [0.3, 0.4) is 0 Å². The minimum atomic E-state index is -0.0603. The van der Waals surface area contributed by atoms with Gasteiger partial charge in [-0.05, 0) is 12.1 Å². The maximum atomic E-state index is 10.2. The molecule has 2 aromatic heterocycles. The highest BCUT2D eigenvalue weighted by molar-refractivity contribution is 7.99. The second-order valence-electron chi connectivity index (χ2n) is 4.21. The number of nitrogens with two attached hydrogens (primary N) is 1. The number of aromatic amines is 1. The number of anilines is 1. The van der Waals surface area contributed by atoms with Crippen LogP contribution in [0.25, 0.3) is 15.8 Å². The predicted octanol–water partition coefficient (Wildman–Crippen LogP) is 2.58. The number of para-hydroxylation sites is 1. The van der Waals surface area contributed by atoms with Crippen LogP contribution in [-0.4, -0.2) is 31.0 Å². The number of aliphatic hydroxyl groups excluding tert-OH is 1. The highest BCUT2D eigenvalue weighted by Gasteiger charge is 2.14. The number of nitrogen functional groups attached to an aromatic ring is 1. The lowest BCUT2D eigenvalue weighted by molar-refractivity contribution is 0.420. The SMILES string of the molecule is N#CC(=C(O)CSc1n[nH]c(N)n1)c1nc2ccccc2s1. The average Bonchev–Trinajstić information content (AvgIpc) is 3.11. The van der Waals surface area contributed by atoms with Gasteiger partial charge in [-0.2, -0.15) is 10.2 Å². The van der Waals surface area contributed by atoms with Crippen LogP contribution in [0.2, 0.25) is 0 Å². The summed E-state index contributed by atoms with van der Waals surface area (Å²) in [5.74, 6) is 0.309. The molecule has 4 N–H and O–H groups in total. The molecule has 0 fully saturated rings. The predicted molar refractivity (Wildman–Crippen MR) is 86.3 cm³/mol. The van der Waals surface area contributed by atoms with Crippen molar-refractivity contribution >= 4 is 44.8 Å². The molecule has 0 unspecified atom stereocenters. The van der Waals surface area contributed by atoms with Gasteiger partial charge < -0.3 is 10.8 Å². The number of thioether (sulfide) groups is 1. The van der Waals surface area contributed by atoms with Crippen molar-refractivity contribution in [2.24, 2.45) is 0 Å². The minimum absolute atomic E-state index is 0.0603. The van der Waals surface area contributed by atoms with E-state index in [1.807, 2.05) is 30.3 Å². The normalized spacial score (nSPS) is 12.1. The Kier molecular flexibility index (Phi) is 3.95. The summed E-state index contributed by atoms with van der Waals surface area (Å²) in [7, 11) is 0. The van der Waals surface area contributed by atoms with E-state index in [0.717, 1.165) is 10.2 Å². The van der Waals surface area contributed by atoms with Crippen molar-refractivity contribution in [1.82, 2.24) is 20.2 Å². The lowest BCUT2D eigenvalue weighted by Gasteiger charge is -1.99. The fourth-order valence-electron chi connectivity index (χ4n) is 1.74. The van der Waals surface area contributed by atoms with Gasteiger partial charge in [0.05, 0.1) is 16.0 Å². The molecule has 0 spiro atoms. The van der Waals surface area contributed by atoms with Gasteiger partial charge in [0, 0.05) is 0 Å². The molecule has 3 rings (SSSR count). The molecule has 9 heteroatoms. The van der Waals surface area contributed by atoms with Crippen molar-refractivity contribution in [2.45, 2.75) is 5.16 Å². The lowest BCUT2D eigenvalue weighted by Crippen LogP contribution is -1.93. The standard InChI is InChI=1S/C13H10N6OS2/c14-5-7(9(20)6-21-13-17-12(15)18-19-13)11-16-8-3-1-2-4-10(8)22-11/h1-4,20H,6H2,(H3,15,17,18,19). The van der Waals surface area contributed by atoms with Crippen LogP contribution in [0.1, 0.15) is 5.01 Å². The van der Waals surface area contributed by atoms with Gasteiger partial charge >= 0.3 is 0 Å². The molecule has 0 aliphatic heterocycles. The van der Waals surface area contributed by atoms with E-state index in [-0.39, 0.29) is 23.0 Å². The minimum Gasteiger partial charge on any atom is -0.510 e. The van der Waals surface area contributed by atoms with Gasteiger partial charge in [0.1, 0.15) is 22.4 Å². The Morgan fingerprint density at radius 1 is 1.41 bits per heavy atom. The zero-order valence-corrected chi connectivity index (χ0v) is 12.8. The van der Waals surface area contributed by atoms with E-state index in [2.05, 4.69) is 20.2 Å². The number of nitrogens with one attached hydrogen (secondary N) is 1.